The van der Waals surface area contributed by atoms with Crippen molar-refractivity contribution in [1.82, 2.24) is 10.6 Å². The number of urea groups is 1. The minimum Gasteiger partial charge on any atom is -0.480 e. The van der Waals surface area contributed by atoms with Crippen LogP contribution < -0.4 is 10.6 Å². The molecule has 0 unspecified atom stereocenters. The maximum atomic E-state index is 11.5. The molecule has 0 aromatic heterocycles. The van der Waals surface area contributed by atoms with Gasteiger partial charge >= 0.3 is 18.0 Å². The SMILES string of the molecule is COC(=O)CC[C@H](NC(=O)NCC1(C)CC1)C(=O)O. The van der Waals surface area contributed by atoms with Crippen LogP contribution in [0.1, 0.15) is 32.6 Å². The molecular formula is C12H20N2O5. The summed E-state index contributed by atoms with van der Waals surface area (Å²) >= 11 is 0. The van der Waals surface area contributed by atoms with Crippen molar-refractivity contribution in [3.63, 3.8) is 0 Å². The number of hydrogen-bond acceptors (Lipinski definition) is 4. The molecule has 3 N–H and O–H groups in total. The van der Waals surface area contributed by atoms with Gasteiger partial charge in [0.2, 0.25) is 0 Å². The Balaban J connectivity index is 2.32. The summed E-state index contributed by atoms with van der Waals surface area (Å²) in [5, 5.41) is 13.9. The number of carbonyl (C=O) groups is 3. The molecule has 1 saturated carbocycles. The number of methoxy groups -OCH3 is 1. The number of aliphatic carboxylic acids is 1. The van der Waals surface area contributed by atoms with Crippen molar-refractivity contribution < 1.29 is 24.2 Å². The first-order chi connectivity index (χ1) is 8.86. The lowest BCUT2D eigenvalue weighted by molar-refractivity contribution is -0.142. The Morgan fingerprint density at radius 1 is 1.37 bits per heavy atom. The molecule has 0 bridgehead atoms. The molecule has 7 nitrogen and oxygen atoms in total. The number of carboxylic acids is 1. The van der Waals surface area contributed by atoms with E-state index in [1.165, 1.54) is 7.11 Å². The van der Waals surface area contributed by atoms with Crippen LogP contribution in [0, 0.1) is 5.41 Å². The van der Waals surface area contributed by atoms with Gasteiger partial charge in [-0.1, -0.05) is 6.92 Å². The van der Waals surface area contributed by atoms with Crippen LogP contribution in [0.4, 0.5) is 4.79 Å². The summed E-state index contributed by atoms with van der Waals surface area (Å²) in [6.45, 7) is 2.58. The lowest BCUT2D eigenvalue weighted by atomic mass is 10.1. The predicted molar refractivity (Wildman–Crippen MR) is 66.5 cm³/mol. The van der Waals surface area contributed by atoms with Gasteiger partial charge in [0.15, 0.2) is 0 Å². The first kappa shape index (κ1) is 15.3. The molecule has 19 heavy (non-hydrogen) atoms. The molecule has 1 atom stereocenters. The van der Waals surface area contributed by atoms with Crippen molar-refractivity contribution in [2.45, 2.75) is 38.6 Å². The lowest BCUT2D eigenvalue weighted by Gasteiger charge is -2.16. The van der Waals surface area contributed by atoms with E-state index in [1.54, 1.807) is 0 Å². The van der Waals surface area contributed by atoms with Crippen molar-refractivity contribution in [1.29, 1.82) is 0 Å². The summed E-state index contributed by atoms with van der Waals surface area (Å²) in [6, 6.07) is -1.61. The average Bonchev–Trinajstić information content (AvgIpc) is 3.09. The lowest BCUT2D eigenvalue weighted by Crippen LogP contribution is -2.47. The molecule has 7 heteroatoms. The van der Waals surface area contributed by atoms with Crippen LogP contribution >= 0.6 is 0 Å². The molecule has 0 radical (unpaired) electrons. The fraction of sp³-hybridized carbons (Fsp3) is 0.750. The number of carboxylic acid groups (broad SMARTS) is 1. The second-order valence-electron chi connectivity index (χ2n) is 5.14. The highest BCUT2D eigenvalue weighted by molar-refractivity contribution is 5.83. The van der Waals surface area contributed by atoms with Crippen molar-refractivity contribution in [2.24, 2.45) is 5.41 Å². The fourth-order valence-electron chi connectivity index (χ4n) is 1.51. The Bertz CT molecular complexity index is 365. The molecule has 0 spiro atoms. The largest absolute Gasteiger partial charge is 0.480 e. The number of amides is 2. The quantitative estimate of drug-likeness (QED) is 0.585. The maximum absolute atomic E-state index is 11.5. The zero-order chi connectivity index (χ0) is 14.5. The number of hydrogen-bond donors (Lipinski definition) is 3. The molecule has 1 aliphatic rings. The van der Waals surface area contributed by atoms with Gasteiger partial charge in [-0.05, 0) is 24.7 Å². The van der Waals surface area contributed by atoms with Gasteiger partial charge < -0.3 is 20.5 Å². The van der Waals surface area contributed by atoms with Gasteiger partial charge in [-0.15, -0.1) is 0 Å². The molecule has 0 aliphatic heterocycles. The molecule has 108 valence electrons. The van der Waals surface area contributed by atoms with Crippen LogP contribution in [0.3, 0.4) is 0 Å². The highest BCUT2D eigenvalue weighted by Crippen LogP contribution is 2.43. The average molecular weight is 272 g/mol. The topological polar surface area (TPSA) is 105 Å². The third kappa shape index (κ3) is 5.58. The van der Waals surface area contributed by atoms with Crippen molar-refractivity contribution >= 4 is 18.0 Å². The number of carbonyl (C=O) groups excluding carboxylic acids is 2. The zero-order valence-corrected chi connectivity index (χ0v) is 11.2. The predicted octanol–water partition coefficient (Wildman–Crippen LogP) is 0.492. The highest BCUT2D eigenvalue weighted by Gasteiger charge is 2.37. The third-order valence-electron chi connectivity index (χ3n) is 3.25. The van der Waals surface area contributed by atoms with E-state index < -0.39 is 24.0 Å². The second-order valence-corrected chi connectivity index (χ2v) is 5.14. The van der Waals surface area contributed by atoms with E-state index >= 15 is 0 Å². The molecule has 0 aromatic rings. The van der Waals surface area contributed by atoms with Gasteiger partial charge in [-0.25, -0.2) is 9.59 Å². The fourth-order valence-corrected chi connectivity index (χ4v) is 1.51. The molecule has 2 amide bonds. The van der Waals surface area contributed by atoms with Crippen LogP contribution in [0.2, 0.25) is 0 Å². The van der Waals surface area contributed by atoms with Crippen LogP contribution in [0.15, 0.2) is 0 Å². The van der Waals surface area contributed by atoms with Crippen LogP contribution in [-0.4, -0.2) is 42.8 Å². The molecule has 1 fully saturated rings. The number of esters is 1. The molecule has 0 aromatic carbocycles. The Hall–Kier alpha value is -1.79. The second kappa shape index (κ2) is 6.40. The van der Waals surface area contributed by atoms with E-state index in [-0.39, 0.29) is 18.3 Å². The van der Waals surface area contributed by atoms with Crippen molar-refractivity contribution in [3.05, 3.63) is 0 Å². The van der Waals surface area contributed by atoms with Gasteiger partial charge in [0.25, 0.3) is 0 Å². The summed E-state index contributed by atoms with van der Waals surface area (Å²) in [7, 11) is 1.23. The van der Waals surface area contributed by atoms with Crippen LogP contribution in [-0.2, 0) is 14.3 Å². The van der Waals surface area contributed by atoms with E-state index in [4.69, 9.17) is 5.11 Å². The monoisotopic (exact) mass is 272 g/mol. The van der Waals surface area contributed by atoms with Gasteiger partial charge in [-0.3, -0.25) is 4.79 Å². The Kier molecular flexibility index (Phi) is 5.14. The molecule has 1 rings (SSSR count). The number of nitrogens with one attached hydrogen (secondary N) is 2. The molecular weight excluding hydrogens is 252 g/mol. The van der Waals surface area contributed by atoms with Gasteiger partial charge in [0.1, 0.15) is 6.04 Å². The summed E-state index contributed by atoms with van der Waals surface area (Å²) in [5.74, 6) is -1.67. The smallest absolute Gasteiger partial charge is 0.326 e. The van der Waals surface area contributed by atoms with Gasteiger partial charge in [-0.2, -0.15) is 0 Å². The standard InChI is InChI=1S/C12H20N2O5/c1-12(5-6-12)7-13-11(18)14-8(10(16)17)3-4-9(15)19-2/h8H,3-7H2,1-2H3,(H,16,17)(H2,13,14,18)/t8-/m0/s1. The van der Waals surface area contributed by atoms with E-state index in [2.05, 4.69) is 22.3 Å². The number of rotatable bonds is 7. The van der Waals surface area contributed by atoms with E-state index in [0.29, 0.717) is 6.54 Å². The van der Waals surface area contributed by atoms with Crippen LogP contribution in [0.5, 0.6) is 0 Å². The summed E-state index contributed by atoms with van der Waals surface area (Å²) in [4.78, 5) is 33.4. The highest BCUT2D eigenvalue weighted by atomic mass is 16.5. The van der Waals surface area contributed by atoms with Crippen molar-refractivity contribution in [3.8, 4) is 0 Å². The van der Waals surface area contributed by atoms with E-state index in [9.17, 15) is 14.4 Å². The Morgan fingerprint density at radius 3 is 2.47 bits per heavy atom. The summed E-state index contributed by atoms with van der Waals surface area (Å²) in [5.41, 5.74) is 0.155. The number of ether oxygens (including phenoxy) is 1. The minimum atomic E-state index is -1.17. The zero-order valence-electron chi connectivity index (χ0n) is 11.2. The Labute approximate surface area is 111 Å². The van der Waals surface area contributed by atoms with Crippen molar-refractivity contribution in [2.75, 3.05) is 13.7 Å². The normalized spacial score (nSPS) is 17.2. The minimum absolute atomic E-state index is 0.00664. The summed E-state index contributed by atoms with van der Waals surface area (Å²) in [6.07, 6.45) is 2.09. The van der Waals surface area contributed by atoms with Gasteiger partial charge in [0.05, 0.1) is 7.11 Å². The van der Waals surface area contributed by atoms with Gasteiger partial charge in [0, 0.05) is 13.0 Å². The first-order valence-electron chi connectivity index (χ1n) is 6.20. The third-order valence-corrected chi connectivity index (χ3v) is 3.25. The molecule has 0 saturated heterocycles. The maximum Gasteiger partial charge on any atom is 0.326 e. The molecule has 0 heterocycles. The first-order valence-corrected chi connectivity index (χ1v) is 6.20. The Morgan fingerprint density at radius 2 is 2.00 bits per heavy atom. The van der Waals surface area contributed by atoms with E-state index in [0.717, 1.165) is 12.8 Å². The molecule has 1 aliphatic carbocycles. The summed E-state index contributed by atoms with van der Waals surface area (Å²) < 4.78 is 4.43. The van der Waals surface area contributed by atoms with E-state index in [1.807, 2.05) is 0 Å². The van der Waals surface area contributed by atoms with Crippen LogP contribution in [0.25, 0.3) is 0 Å².